The molecule has 2 nitrogen and oxygen atoms in total. The average molecular weight is 303 g/mol. The van der Waals surface area contributed by atoms with E-state index in [-0.39, 0.29) is 5.56 Å². The van der Waals surface area contributed by atoms with E-state index in [1.54, 1.807) is 6.08 Å². The van der Waals surface area contributed by atoms with Gasteiger partial charge in [0.15, 0.2) is 0 Å². The van der Waals surface area contributed by atoms with E-state index in [0.717, 1.165) is 24.6 Å². The van der Waals surface area contributed by atoms with Gasteiger partial charge in [-0.3, -0.25) is 0 Å². The molecule has 1 aromatic rings. The van der Waals surface area contributed by atoms with E-state index in [4.69, 9.17) is 4.74 Å². The lowest BCUT2D eigenvalue weighted by atomic mass is 9.97. The zero-order valence-corrected chi connectivity index (χ0v) is 11.6. The van der Waals surface area contributed by atoms with E-state index in [2.05, 4.69) is 5.32 Å². The lowest BCUT2D eigenvalue weighted by Gasteiger charge is -2.23. The third-order valence-corrected chi connectivity index (χ3v) is 3.25. The molecular formula is C15H17F4NO. The normalized spacial score (nSPS) is 16.5. The molecule has 0 bridgehead atoms. The van der Waals surface area contributed by atoms with Gasteiger partial charge in [0.25, 0.3) is 0 Å². The first-order valence-corrected chi connectivity index (χ1v) is 6.86. The first kappa shape index (κ1) is 15.8. The SMILES string of the molecule is CCCNC(C1=CCCO1)c1cc(F)ccc1C(F)(F)F. The van der Waals surface area contributed by atoms with Crippen LogP contribution in [0, 0.1) is 5.82 Å². The quantitative estimate of drug-likeness (QED) is 0.824. The number of alkyl halides is 3. The van der Waals surface area contributed by atoms with E-state index in [1.165, 1.54) is 0 Å². The molecule has 116 valence electrons. The van der Waals surface area contributed by atoms with Crippen molar-refractivity contribution in [2.75, 3.05) is 13.2 Å². The highest BCUT2D eigenvalue weighted by Gasteiger charge is 2.36. The Bertz CT molecular complexity index is 525. The van der Waals surface area contributed by atoms with E-state index in [0.29, 0.717) is 25.3 Å². The highest BCUT2D eigenvalue weighted by Crippen LogP contribution is 2.38. The second kappa shape index (κ2) is 6.47. The van der Waals surface area contributed by atoms with Crippen LogP contribution < -0.4 is 5.32 Å². The Balaban J connectivity index is 2.45. The highest BCUT2D eigenvalue weighted by atomic mass is 19.4. The third-order valence-electron chi connectivity index (χ3n) is 3.25. The zero-order valence-electron chi connectivity index (χ0n) is 11.6. The van der Waals surface area contributed by atoms with Crippen LogP contribution in [0.5, 0.6) is 0 Å². The van der Waals surface area contributed by atoms with Gasteiger partial charge in [-0.15, -0.1) is 0 Å². The van der Waals surface area contributed by atoms with Crippen molar-refractivity contribution < 1.29 is 22.3 Å². The average Bonchev–Trinajstić information content (AvgIpc) is 2.92. The molecule has 1 aromatic carbocycles. The van der Waals surface area contributed by atoms with Gasteiger partial charge in [-0.05, 0) is 42.8 Å². The van der Waals surface area contributed by atoms with Crippen LogP contribution in [0.3, 0.4) is 0 Å². The molecule has 21 heavy (non-hydrogen) atoms. The Morgan fingerprint density at radius 2 is 2.10 bits per heavy atom. The maximum absolute atomic E-state index is 13.4. The van der Waals surface area contributed by atoms with Crippen LogP contribution in [0.25, 0.3) is 0 Å². The fourth-order valence-corrected chi connectivity index (χ4v) is 2.32. The van der Waals surface area contributed by atoms with Crippen LogP contribution in [-0.4, -0.2) is 13.2 Å². The summed E-state index contributed by atoms with van der Waals surface area (Å²) in [5.41, 5.74) is -0.974. The summed E-state index contributed by atoms with van der Waals surface area (Å²) in [7, 11) is 0. The monoisotopic (exact) mass is 303 g/mol. The summed E-state index contributed by atoms with van der Waals surface area (Å²) in [4.78, 5) is 0. The van der Waals surface area contributed by atoms with Gasteiger partial charge < -0.3 is 10.1 Å². The fraction of sp³-hybridized carbons (Fsp3) is 0.467. The Morgan fingerprint density at radius 3 is 2.67 bits per heavy atom. The second-order valence-electron chi connectivity index (χ2n) is 4.86. The molecule has 0 saturated carbocycles. The summed E-state index contributed by atoms with van der Waals surface area (Å²) in [5.74, 6) is -0.264. The van der Waals surface area contributed by atoms with Crippen LogP contribution in [0.2, 0.25) is 0 Å². The third kappa shape index (κ3) is 3.75. The molecule has 0 amide bonds. The van der Waals surface area contributed by atoms with Gasteiger partial charge in [-0.2, -0.15) is 13.2 Å². The molecule has 2 rings (SSSR count). The molecule has 1 atom stereocenters. The van der Waals surface area contributed by atoms with E-state index in [9.17, 15) is 17.6 Å². The molecule has 0 radical (unpaired) electrons. The molecule has 1 aliphatic heterocycles. The fourth-order valence-electron chi connectivity index (χ4n) is 2.32. The zero-order chi connectivity index (χ0) is 15.5. The summed E-state index contributed by atoms with van der Waals surface area (Å²) in [6.07, 6.45) is -1.39. The van der Waals surface area contributed by atoms with Crippen LogP contribution in [0.15, 0.2) is 30.0 Å². The smallest absolute Gasteiger partial charge is 0.416 e. The summed E-state index contributed by atoms with van der Waals surface area (Å²) < 4.78 is 58.2. The number of rotatable bonds is 5. The van der Waals surface area contributed by atoms with E-state index < -0.39 is 23.6 Å². The van der Waals surface area contributed by atoms with Crippen LogP contribution in [-0.2, 0) is 10.9 Å². The van der Waals surface area contributed by atoms with E-state index >= 15 is 0 Å². The van der Waals surface area contributed by atoms with Gasteiger partial charge in [0.1, 0.15) is 11.6 Å². The van der Waals surface area contributed by atoms with Gasteiger partial charge in [-0.1, -0.05) is 6.92 Å². The van der Waals surface area contributed by atoms with Gasteiger partial charge in [0.2, 0.25) is 0 Å². The Labute approximate surface area is 120 Å². The largest absolute Gasteiger partial charge is 0.496 e. The minimum atomic E-state index is -4.53. The molecule has 0 fully saturated rings. The Hall–Kier alpha value is -1.56. The lowest BCUT2D eigenvalue weighted by Crippen LogP contribution is -2.27. The summed E-state index contributed by atoms with van der Waals surface area (Å²) in [6.45, 7) is 2.86. The molecule has 1 unspecified atom stereocenters. The van der Waals surface area contributed by atoms with E-state index in [1.807, 2.05) is 6.92 Å². The Kier molecular flexibility index (Phi) is 4.88. The number of halogens is 4. The molecule has 1 N–H and O–H groups in total. The van der Waals surface area contributed by atoms with Crippen molar-refractivity contribution in [3.8, 4) is 0 Å². The predicted molar refractivity (Wildman–Crippen MR) is 71.1 cm³/mol. The van der Waals surface area contributed by atoms with Crippen LogP contribution >= 0.6 is 0 Å². The van der Waals surface area contributed by atoms with Crippen molar-refractivity contribution in [1.29, 1.82) is 0 Å². The molecule has 0 saturated heterocycles. The predicted octanol–water partition coefficient (Wildman–Crippen LogP) is 4.19. The number of hydrogen-bond acceptors (Lipinski definition) is 2. The number of ether oxygens (including phenoxy) is 1. The number of hydrogen-bond donors (Lipinski definition) is 1. The molecule has 1 aliphatic rings. The van der Waals surface area contributed by atoms with Crippen molar-refractivity contribution in [3.63, 3.8) is 0 Å². The Morgan fingerprint density at radius 1 is 1.33 bits per heavy atom. The standard InChI is InChI=1S/C15H17F4NO/c1-2-7-20-14(13-4-3-8-21-13)11-9-10(16)5-6-12(11)15(17,18)19/h4-6,9,14,20H,2-3,7-8H2,1H3. The topological polar surface area (TPSA) is 21.3 Å². The van der Waals surface area contributed by atoms with Gasteiger partial charge in [0, 0.05) is 6.42 Å². The number of benzene rings is 1. The van der Waals surface area contributed by atoms with Crippen LogP contribution in [0.1, 0.15) is 36.9 Å². The molecule has 0 aliphatic carbocycles. The lowest BCUT2D eigenvalue weighted by molar-refractivity contribution is -0.138. The minimum Gasteiger partial charge on any atom is -0.496 e. The van der Waals surface area contributed by atoms with Crippen molar-refractivity contribution in [2.24, 2.45) is 0 Å². The summed E-state index contributed by atoms with van der Waals surface area (Å²) in [5, 5.41) is 3.01. The molecule has 0 spiro atoms. The molecular weight excluding hydrogens is 286 g/mol. The second-order valence-corrected chi connectivity index (χ2v) is 4.86. The van der Waals surface area contributed by atoms with Crippen molar-refractivity contribution in [3.05, 3.63) is 47.0 Å². The molecule has 1 heterocycles. The summed E-state index contributed by atoms with van der Waals surface area (Å²) in [6, 6.07) is 1.76. The summed E-state index contributed by atoms with van der Waals surface area (Å²) >= 11 is 0. The first-order valence-electron chi connectivity index (χ1n) is 6.86. The number of nitrogens with one attached hydrogen (secondary N) is 1. The minimum absolute atomic E-state index is 0.135. The first-order chi connectivity index (χ1) is 9.93. The van der Waals surface area contributed by atoms with Crippen molar-refractivity contribution >= 4 is 0 Å². The van der Waals surface area contributed by atoms with Gasteiger partial charge in [0.05, 0.1) is 18.2 Å². The van der Waals surface area contributed by atoms with Crippen LogP contribution in [0.4, 0.5) is 17.6 Å². The molecule has 0 aromatic heterocycles. The van der Waals surface area contributed by atoms with Gasteiger partial charge in [-0.25, -0.2) is 4.39 Å². The highest BCUT2D eigenvalue weighted by molar-refractivity contribution is 5.37. The maximum Gasteiger partial charge on any atom is 0.416 e. The molecule has 6 heteroatoms. The maximum atomic E-state index is 13.4. The van der Waals surface area contributed by atoms with Crippen molar-refractivity contribution in [1.82, 2.24) is 5.32 Å². The van der Waals surface area contributed by atoms with Gasteiger partial charge >= 0.3 is 6.18 Å². The van der Waals surface area contributed by atoms with Crippen molar-refractivity contribution in [2.45, 2.75) is 32.0 Å².